The average Bonchev–Trinajstić information content (AvgIpc) is 3.14. The van der Waals surface area contributed by atoms with E-state index in [1.165, 1.54) is 14.5 Å². The number of rotatable bonds is 6. The molecule has 0 saturated carbocycles. The Morgan fingerprint density at radius 1 is 0.682 bits per heavy atom. The first-order chi connectivity index (χ1) is 10.6. The Balaban J connectivity index is 1.74. The summed E-state index contributed by atoms with van der Waals surface area (Å²) in [5.41, 5.74) is 2.43. The zero-order valence-electron chi connectivity index (χ0n) is 12.4. The van der Waals surface area contributed by atoms with E-state index < -0.39 is 7.32 Å². The summed E-state index contributed by atoms with van der Waals surface area (Å²) in [6.07, 6.45) is 4.95. The van der Waals surface area contributed by atoms with Gasteiger partial charge in [0.15, 0.2) is 0 Å². The lowest BCUT2D eigenvalue weighted by molar-refractivity contribution is 0.0396. The number of hydrogen-bond acceptors (Lipinski definition) is 6. The van der Waals surface area contributed by atoms with Crippen molar-refractivity contribution in [3.8, 4) is 0 Å². The maximum absolute atomic E-state index is 5.50. The van der Waals surface area contributed by atoms with Crippen LogP contribution >= 0.6 is 0 Å². The van der Waals surface area contributed by atoms with Gasteiger partial charge in [-0.15, -0.1) is 29.8 Å². The van der Waals surface area contributed by atoms with E-state index in [0.29, 0.717) is 0 Å². The van der Waals surface area contributed by atoms with Gasteiger partial charge < -0.3 is 14.3 Å². The molecule has 3 aromatic rings. The third kappa shape index (κ3) is 3.40. The van der Waals surface area contributed by atoms with Gasteiger partial charge in [0.05, 0.1) is 35.7 Å². The smallest absolute Gasteiger partial charge is 0.380 e. The number of aromatic nitrogens is 6. The summed E-state index contributed by atoms with van der Waals surface area (Å²) in [6.45, 7) is 5.55. The summed E-state index contributed by atoms with van der Waals surface area (Å²) in [5.74, 6) is 0. The first kappa shape index (κ1) is 14.0. The van der Waals surface area contributed by atoms with Crippen molar-refractivity contribution in [3.05, 3.63) is 53.9 Å². The minimum Gasteiger partial charge on any atom is -0.380 e. The summed E-state index contributed by atoms with van der Waals surface area (Å²) in [4.78, 5) is 3.77. The van der Waals surface area contributed by atoms with Gasteiger partial charge in [0.25, 0.3) is 0 Å². The first-order valence-electron chi connectivity index (χ1n) is 6.67. The first-order valence-corrected chi connectivity index (χ1v) is 6.67. The highest BCUT2D eigenvalue weighted by atomic mass is 16.9. The molecule has 0 aromatic carbocycles. The molecule has 0 bridgehead atoms. The maximum atomic E-state index is 5.50. The van der Waals surface area contributed by atoms with Crippen molar-refractivity contribution >= 4 is 7.32 Å². The van der Waals surface area contributed by atoms with Gasteiger partial charge in [-0.25, -0.2) is 0 Å². The molecule has 3 rings (SSSR count). The number of aryl methyl sites for hydroxylation is 3. The van der Waals surface area contributed by atoms with Crippen LogP contribution in [0.3, 0.4) is 0 Å². The second-order valence-corrected chi connectivity index (χ2v) is 4.68. The maximum Gasteiger partial charge on any atom is 0.929 e. The third-order valence-electron chi connectivity index (χ3n) is 2.68. The summed E-state index contributed by atoms with van der Waals surface area (Å²) in [5, 5.41) is 12.4. The van der Waals surface area contributed by atoms with Gasteiger partial charge >= 0.3 is 7.32 Å². The molecule has 0 atom stereocenters. The molecule has 0 aliphatic rings. The fourth-order valence-electron chi connectivity index (χ4n) is 1.68. The monoisotopic (exact) mass is 302 g/mol. The van der Waals surface area contributed by atoms with E-state index in [0.717, 1.165) is 17.1 Å². The zero-order valence-corrected chi connectivity index (χ0v) is 12.4. The van der Waals surface area contributed by atoms with Crippen molar-refractivity contribution in [2.24, 2.45) is 0 Å². The average molecular weight is 302 g/mol. The molecule has 0 fully saturated rings. The van der Waals surface area contributed by atoms with Crippen molar-refractivity contribution in [2.45, 2.75) is 20.8 Å². The predicted octanol–water partition coefficient (Wildman–Crippen LogP) is -0.128. The van der Waals surface area contributed by atoms with E-state index in [1.807, 2.05) is 20.8 Å². The van der Waals surface area contributed by atoms with Gasteiger partial charge in [-0.3, -0.25) is 0 Å². The van der Waals surface area contributed by atoms with E-state index in [2.05, 4.69) is 15.3 Å². The molecular formula is C12H15BN6O3. The van der Waals surface area contributed by atoms with Crippen molar-refractivity contribution in [1.29, 1.82) is 0 Å². The molecule has 22 heavy (non-hydrogen) atoms. The molecule has 0 aliphatic heterocycles. The van der Waals surface area contributed by atoms with E-state index in [4.69, 9.17) is 14.3 Å². The molecular weight excluding hydrogens is 287 g/mol. The number of nitrogens with zero attached hydrogens (tertiary/aromatic N) is 6. The lowest BCUT2D eigenvalue weighted by atomic mass is 10.3. The highest BCUT2D eigenvalue weighted by Crippen LogP contribution is 1.95. The largest absolute Gasteiger partial charge is 0.929 e. The lowest BCUT2D eigenvalue weighted by Gasteiger charge is -2.13. The Bertz CT molecular complexity index is 651. The summed E-state index contributed by atoms with van der Waals surface area (Å²) < 4.78 is 16.5. The molecule has 0 aliphatic carbocycles. The SMILES string of the molecule is Cc1ccn(OB(On2ccc(C)n2)On2ccc(C)n2)n1. The van der Waals surface area contributed by atoms with Gasteiger partial charge in [0, 0.05) is 0 Å². The molecule has 0 saturated heterocycles. The van der Waals surface area contributed by atoms with Crippen molar-refractivity contribution in [1.82, 2.24) is 29.8 Å². The molecule has 114 valence electrons. The van der Waals surface area contributed by atoms with Crippen molar-refractivity contribution in [2.75, 3.05) is 0 Å². The normalized spacial score (nSPS) is 10.5. The Labute approximate surface area is 127 Å². The van der Waals surface area contributed by atoms with E-state index >= 15 is 0 Å². The highest BCUT2D eigenvalue weighted by Gasteiger charge is 2.34. The highest BCUT2D eigenvalue weighted by molar-refractivity contribution is 6.37. The van der Waals surface area contributed by atoms with Gasteiger partial charge in [0.2, 0.25) is 0 Å². The molecule has 0 radical (unpaired) electrons. The molecule has 10 heteroatoms. The molecule has 0 N–H and O–H groups in total. The fourth-order valence-corrected chi connectivity index (χ4v) is 1.68. The molecule has 3 aromatic heterocycles. The molecule has 0 amide bonds. The van der Waals surface area contributed by atoms with Crippen LogP contribution in [0.5, 0.6) is 0 Å². The lowest BCUT2D eigenvalue weighted by Crippen LogP contribution is -2.49. The van der Waals surface area contributed by atoms with Crippen molar-refractivity contribution in [3.63, 3.8) is 0 Å². The molecule has 9 nitrogen and oxygen atoms in total. The van der Waals surface area contributed by atoms with Gasteiger partial charge in [-0.1, -0.05) is 0 Å². The summed E-state index contributed by atoms with van der Waals surface area (Å²) in [7, 11) is -1.13. The van der Waals surface area contributed by atoms with Gasteiger partial charge in [-0.2, -0.15) is 0 Å². The second kappa shape index (κ2) is 5.84. The van der Waals surface area contributed by atoms with Crippen LogP contribution in [0.25, 0.3) is 0 Å². The topological polar surface area (TPSA) is 81.1 Å². The second-order valence-electron chi connectivity index (χ2n) is 4.68. The van der Waals surface area contributed by atoms with E-state index in [1.54, 1.807) is 36.8 Å². The van der Waals surface area contributed by atoms with Crippen LogP contribution in [-0.4, -0.2) is 37.2 Å². The Morgan fingerprint density at radius 2 is 1.00 bits per heavy atom. The van der Waals surface area contributed by atoms with Crippen LogP contribution < -0.4 is 14.3 Å². The van der Waals surface area contributed by atoms with Crippen LogP contribution in [0.2, 0.25) is 0 Å². The molecule has 0 spiro atoms. The van der Waals surface area contributed by atoms with E-state index in [9.17, 15) is 0 Å². The van der Waals surface area contributed by atoms with Crippen LogP contribution in [-0.2, 0) is 0 Å². The minimum atomic E-state index is -1.13. The van der Waals surface area contributed by atoms with Crippen LogP contribution in [0, 0.1) is 20.8 Å². The summed E-state index contributed by atoms with van der Waals surface area (Å²) in [6, 6.07) is 5.40. The molecule has 3 heterocycles. The predicted molar refractivity (Wildman–Crippen MR) is 76.4 cm³/mol. The van der Waals surface area contributed by atoms with Crippen LogP contribution in [0.15, 0.2) is 36.8 Å². The standard InChI is InChI=1S/C12H15BN6O3/c1-10-4-7-17(14-10)20-13(21-18-8-5-11(2)15-18)22-19-9-6-12(3)16-19/h4-9H,1-3H3. The Hall–Kier alpha value is -2.91. The van der Waals surface area contributed by atoms with Gasteiger partial charge in [0.1, 0.15) is 0 Å². The van der Waals surface area contributed by atoms with Crippen molar-refractivity contribution < 1.29 is 14.3 Å². The summed E-state index contributed by atoms with van der Waals surface area (Å²) >= 11 is 0. The minimum absolute atomic E-state index is 0.809. The van der Waals surface area contributed by atoms with Gasteiger partial charge in [-0.05, 0) is 39.0 Å². The molecule has 0 unspecified atom stereocenters. The van der Waals surface area contributed by atoms with E-state index in [-0.39, 0.29) is 0 Å². The Kier molecular flexibility index (Phi) is 3.73. The van der Waals surface area contributed by atoms with Crippen LogP contribution in [0.1, 0.15) is 17.1 Å². The Morgan fingerprint density at radius 3 is 1.23 bits per heavy atom. The number of hydrogen-bond donors (Lipinski definition) is 0. The zero-order chi connectivity index (χ0) is 15.5. The van der Waals surface area contributed by atoms with Crippen LogP contribution in [0.4, 0.5) is 0 Å². The third-order valence-corrected chi connectivity index (χ3v) is 2.68. The quantitative estimate of drug-likeness (QED) is 0.590. The fraction of sp³-hybridized carbons (Fsp3) is 0.250.